The molecule has 0 aromatic carbocycles. The zero-order valence-electron chi connectivity index (χ0n) is 10.7. The number of nitrogens with zero attached hydrogens (tertiary/aromatic N) is 2. The van der Waals surface area contributed by atoms with Gasteiger partial charge in [-0.15, -0.1) is 0 Å². The van der Waals surface area contributed by atoms with Crippen LogP contribution in [0.15, 0.2) is 12.4 Å². The van der Waals surface area contributed by atoms with Crippen LogP contribution < -0.4 is 5.32 Å². The van der Waals surface area contributed by atoms with E-state index in [4.69, 9.17) is 0 Å². The first kappa shape index (κ1) is 11.6. The molecule has 1 aromatic heterocycles. The molecule has 90 valence electrons. The minimum Gasteiger partial charge on any atom is -0.319 e. The second-order valence-electron chi connectivity index (χ2n) is 5.48. The quantitative estimate of drug-likeness (QED) is 0.796. The summed E-state index contributed by atoms with van der Waals surface area (Å²) in [5.41, 5.74) is 1.84. The van der Waals surface area contributed by atoms with Crippen molar-refractivity contribution in [2.45, 2.75) is 32.6 Å². The second kappa shape index (κ2) is 4.58. The van der Waals surface area contributed by atoms with E-state index in [1.54, 1.807) is 0 Å². The van der Waals surface area contributed by atoms with E-state index in [2.05, 4.69) is 30.6 Å². The third-order valence-corrected chi connectivity index (χ3v) is 3.89. The van der Waals surface area contributed by atoms with Crippen molar-refractivity contribution in [3.8, 4) is 0 Å². The minimum absolute atomic E-state index is 0.477. The lowest BCUT2D eigenvalue weighted by atomic mass is 9.79. The van der Waals surface area contributed by atoms with Gasteiger partial charge in [0.2, 0.25) is 0 Å². The highest BCUT2D eigenvalue weighted by atomic mass is 15.2. The maximum absolute atomic E-state index is 4.22. The number of aryl methyl sites for hydroxylation is 2. The molecule has 3 heteroatoms. The molecule has 0 bridgehead atoms. The molecule has 2 rings (SSSR count). The van der Waals surface area contributed by atoms with Crippen LogP contribution in [0.2, 0.25) is 0 Å². The Bertz CT molecular complexity index is 341. The molecular formula is C13H23N3. The standard InChI is InChI=1S/C13H23N3/c1-13(10-14-2,12-4-5-12)7-6-11-8-15-16(3)9-11/h8-9,12,14H,4-7,10H2,1-3H3. The van der Waals surface area contributed by atoms with Crippen LogP contribution in [0.1, 0.15) is 31.7 Å². The molecule has 1 unspecified atom stereocenters. The summed E-state index contributed by atoms with van der Waals surface area (Å²) in [6.45, 7) is 3.56. The average molecular weight is 221 g/mol. The van der Waals surface area contributed by atoms with Gasteiger partial charge in [-0.2, -0.15) is 5.10 Å². The van der Waals surface area contributed by atoms with E-state index in [1.807, 2.05) is 17.9 Å². The van der Waals surface area contributed by atoms with Crippen molar-refractivity contribution >= 4 is 0 Å². The molecule has 1 aliphatic carbocycles. The van der Waals surface area contributed by atoms with E-state index in [0.29, 0.717) is 5.41 Å². The molecule has 1 saturated carbocycles. The van der Waals surface area contributed by atoms with Gasteiger partial charge in [-0.25, -0.2) is 0 Å². The molecule has 1 N–H and O–H groups in total. The Morgan fingerprint density at radius 3 is 2.81 bits per heavy atom. The van der Waals surface area contributed by atoms with Gasteiger partial charge in [-0.05, 0) is 49.6 Å². The zero-order valence-corrected chi connectivity index (χ0v) is 10.7. The fraction of sp³-hybridized carbons (Fsp3) is 0.769. The predicted molar refractivity (Wildman–Crippen MR) is 66.3 cm³/mol. The van der Waals surface area contributed by atoms with Crippen molar-refractivity contribution in [1.29, 1.82) is 0 Å². The van der Waals surface area contributed by atoms with Crippen molar-refractivity contribution in [2.24, 2.45) is 18.4 Å². The first-order valence-corrected chi connectivity index (χ1v) is 6.26. The number of rotatable bonds is 6. The predicted octanol–water partition coefficient (Wildman–Crippen LogP) is 1.99. The SMILES string of the molecule is CNCC(C)(CCc1cnn(C)c1)C1CC1. The summed E-state index contributed by atoms with van der Waals surface area (Å²) in [6, 6.07) is 0. The van der Waals surface area contributed by atoms with Gasteiger partial charge < -0.3 is 5.32 Å². The van der Waals surface area contributed by atoms with Crippen LogP contribution in [0.5, 0.6) is 0 Å². The average Bonchev–Trinajstić information content (AvgIpc) is 3.01. The Morgan fingerprint density at radius 1 is 1.56 bits per heavy atom. The first-order valence-electron chi connectivity index (χ1n) is 6.26. The molecule has 1 fully saturated rings. The fourth-order valence-corrected chi connectivity index (χ4v) is 2.65. The molecular weight excluding hydrogens is 198 g/mol. The highest BCUT2D eigenvalue weighted by Crippen LogP contribution is 2.47. The van der Waals surface area contributed by atoms with Gasteiger partial charge in [0.25, 0.3) is 0 Å². The molecule has 0 radical (unpaired) electrons. The highest BCUT2D eigenvalue weighted by Gasteiger charge is 2.40. The second-order valence-corrected chi connectivity index (χ2v) is 5.48. The zero-order chi connectivity index (χ0) is 11.6. The van der Waals surface area contributed by atoms with Crippen molar-refractivity contribution < 1.29 is 0 Å². The summed E-state index contributed by atoms with van der Waals surface area (Å²) in [5.74, 6) is 0.941. The van der Waals surface area contributed by atoms with Crippen LogP contribution in [-0.2, 0) is 13.5 Å². The number of hydrogen-bond acceptors (Lipinski definition) is 2. The van der Waals surface area contributed by atoms with E-state index >= 15 is 0 Å². The van der Waals surface area contributed by atoms with Gasteiger partial charge in [0.05, 0.1) is 6.20 Å². The molecule has 0 spiro atoms. The Labute approximate surface area is 98.2 Å². The number of hydrogen-bond donors (Lipinski definition) is 1. The lowest BCUT2D eigenvalue weighted by molar-refractivity contribution is 0.243. The van der Waals surface area contributed by atoms with Gasteiger partial charge in [0, 0.05) is 19.8 Å². The van der Waals surface area contributed by atoms with Crippen molar-refractivity contribution in [2.75, 3.05) is 13.6 Å². The molecule has 1 heterocycles. The monoisotopic (exact) mass is 221 g/mol. The Balaban J connectivity index is 1.91. The van der Waals surface area contributed by atoms with Gasteiger partial charge >= 0.3 is 0 Å². The molecule has 1 aliphatic rings. The van der Waals surface area contributed by atoms with Crippen LogP contribution in [0, 0.1) is 11.3 Å². The lowest BCUT2D eigenvalue weighted by Gasteiger charge is -2.29. The molecule has 1 aromatic rings. The maximum Gasteiger partial charge on any atom is 0.0521 e. The maximum atomic E-state index is 4.22. The van der Waals surface area contributed by atoms with Crippen molar-refractivity contribution in [1.82, 2.24) is 15.1 Å². The summed E-state index contributed by atoms with van der Waals surface area (Å²) in [4.78, 5) is 0. The molecule has 1 atom stereocenters. The van der Waals surface area contributed by atoms with E-state index < -0.39 is 0 Å². The number of aromatic nitrogens is 2. The van der Waals surface area contributed by atoms with Crippen LogP contribution in [0.4, 0.5) is 0 Å². The lowest BCUT2D eigenvalue weighted by Crippen LogP contribution is -2.32. The fourth-order valence-electron chi connectivity index (χ4n) is 2.65. The summed E-state index contributed by atoms with van der Waals surface area (Å²) >= 11 is 0. The van der Waals surface area contributed by atoms with Crippen LogP contribution in [0.25, 0.3) is 0 Å². The van der Waals surface area contributed by atoms with Crippen LogP contribution >= 0.6 is 0 Å². The molecule has 0 amide bonds. The van der Waals surface area contributed by atoms with Crippen LogP contribution in [0.3, 0.4) is 0 Å². The topological polar surface area (TPSA) is 29.9 Å². The van der Waals surface area contributed by atoms with Gasteiger partial charge in [0.1, 0.15) is 0 Å². The molecule has 16 heavy (non-hydrogen) atoms. The largest absolute Gasteiger partial charge is 0.319 e. The molecule has 3 nitrogen and oxygen atoms in total. The smallest absolute Gasteiger partial charge is 0.0521 e. The van der Waals surface area contributed by atoms with Gasteiger partial charge in [0.15, 0.2) is 0 Å². The summed E-state index contributed by atoms with van der Waals surface area (Å²) < 4.78 is 1.89. The Kier molecular flexibility index (Phi) is 3.33. The molecule has 0 saturated heterocycles. The normalized spacial score (nSPS) is 19.7. The number of nitrogens with one attached hydrogen (secondary N) is 1. The Hall–Kier alpha value is -0.830. The van der Waals surface area contributed by atoms with Crippen molar-refractivity contribution in [3.05, 3.63) is 18.0 Å². The Morgan fingerprint density at radius 2 is 2.31 bits per heavy atom. The third kappa shape index (κ3) is 2.64. The van der Waals surface area contributed by atoms with Gasteiger partial charge in [-0.3, -0.25) is 4.68 Å². The summed E-state index contributed by atoms with van der Waals surface area (Å²) in [7, 11) is 4.04. The van der Waals surface area contributed by atoms with E-state index in [1.165, 1.54) is 24.8 Å². The van der Waals surface area contributed by atoms with E-state index in [9.17, 15) is 0 Å². The minimum atomic E-state index is 0.477. The van der Waals surface area contributed by atoms with Gasteiger partial charge in [-0.1, -0.05) is 6.92 Å². The molecule has 0 aliphatic heterocycles. The highest BCUT2D eigenvalue weighted by molar-refractivity contribution is 5.05. The summed E-state index contributed by atoms with van der Waals surface area (Å²) in [5, 5.41) is 7.58. The van der Waals surface area contributed by atoms with Crippen molar-refractivity contribution in [3.63, 3.8) is 0 Å². The van der Waals surface area contributed by atoms with Crippen LogP contribution in [-0.4, -0.2) is 23.4 Å². The van der Waals surface area contributed by atoms with E-state index in [0.717, 1.165) is 18.9 Å². The van der Waals surface area contributed by atoms with E-state index in [-0.39, 0.29) is 0 Å². The summed E-state index contributed by atoms with van der Waals surface area (Å²) in [6.07, 6.45) is 9.39. The first-order chi connectivity index (χ1) is 7.64. The third-order valence-electron chi connectivity index (χ3n) is 3.89.